The molecular formula is C18H21NOS. The molecule has 0 aliphatic carbocycles. The lowest BCUT2D eigenvalue weighted by Crippen LogP contribution is -2.19. The number of aliphatic hydroxyl groups is 1. The summed E-state index contributed by atoms with van der Waals surface area (Å²) in [5.41, 5.74) is 3.27. The third kappa shape index (κ3) is 2.56. The van der Waals surface area contributed by atoms with Crippen molar-refractivity contribution < 1.29 is 5.11 Å². The van der Waals surface area contributed by atoms with Gasteiger partial charge in [-0.3, -0.25) is 0 Å². The highest BCUT2D eigenvalue weighted by Gasteiger charge is 2.26. The molecule has 1 aliphatic rings. The van der Waals surface area contributed by atoms with Crippen LogP contribution in [0.3, 0.4) is 0 Å². The van der Waals surface area contributed by atoms with Crippen LogP contribution in [0.25, 0.3) is 0 Å². The number of para-hydroxylation sites is 1. The molecule has 1 atom stereocenters. The fourth-order valence-electron chi connectivity index (χ4n) is 2.63. The van der Waals surface area contributed by atoms with Gasteiger partial charge in [-0.15, -0.1) is 0 Å². The molecule has 21 heavy (non-hydrogen) atoms. The highest BCUT2D eigenvalue weighted by molar-refractivity contribution is 7.99. The standard InChI is InChI=1S/C18H21NOS/c1-18(2,3)17(20)12-9-10-14-16(11-12)21-15-8-6-5-7-13(15)19(14)4/h5-11,17,20H,1-4H3/t17-/m1/s1. The summed E-state index contributed by atoms with van der Waals surface area (Å²) in [5, 5.41) is 10.5. The van der Waals surface area contributed by atoms with Gasteiger partial charge in [0.2, 0.25) is 0 Å². The smallest absolute Gasteiger partial charge is 0.0838 e. The fourth-order valence-corrected chi connectivity index (χ4v) is 3.83. The summed E-state index contributed by atoms with van der Waals surface area (Å²) in [4.78, 5) is 4.68. The van der Waals surface area contributed by atoms with Crippen molar-refractivity contribution in [2.75, 3.05) is 11.9 Å². The Bertz CT molecular complexity index is 675. The summed E-state index contributed by atoms with van der Waals surface area (Å²) in [6.45, 7) is 6.18. The zero-order chi connectivity index (χ0) is 15.2. The lowest BCUT2D eigenvalue weighted by molar-refractivity contribution is 0.0625. The van der Waals surface area contributed by atoms with Crippen LogP contribution in [-0.2, 0) is 0 Å². The van der Waals surface area contributed by atoms with E-state index in [1.54, 1.807) is 11.8 Å². The normalized spacial score (nSPS) is 15.4. The van der Waals surface area contributed by atoms with Crippen LogP contribution < -0.4 is 4.90 Å². The van der Waals surface area contributed by atoms with Crippen molar-refractivity contribution in [2.24, 2.45) is 5.41 Å². The maximum Gasteiger partial charge on any atom is 0.0838 e. The maximum atomic E-state index is 10.5. The van der Waals surface area contributed by atoms with Gasteiger partial charge in [-0.1, -0.05) is 50.7 Å². The maximum absolute atomic E-state index is 10.5. The first-order valence-corrected chi connectivity index (χ1v) is 8.02. The van der Waals surface area contributed by atoms with Crippen LogP contribution >= 0.6 is 11.8 Å². The predicted octanol–water partition coefficient (Wildman–Crippen LogP) is 5.00. The molecule has 3 heteroatoms. The molecular weight excluding hydrogens is 278 g/mol. The molecule has 2 aromatic rings. The summed E-state index contributed by atoms with van der Waals surface area (Å²) >= 11 is 1.78. The summed E-state index contributed by atoms with van der Waals surface area (Å²) in [6, 6.07) is 14.7. The van der Waals surface area contributed by atoms with Gasteiger partial charge in [0.1, 0.15) is 0 Å². The first-order valence-electron chi connectivity index (χ1n) is 7.20. The van der Waals surface area contributed by atoms with Crippen molar-refractivity contribution in [2.45, 2.75) is 36.7 Å². The van der Waals surface area contributed by atoms with Gasteiger partial charge in [-0.05, 0) is 35.2 Å². The van der Waals surface area contributed by atoms with Crippen LogP contribution in [0.5, 0.6) is 0 Å². The average molecular weight is 299 g/mol. The van der Waals surface area contributed by atoms with Gasteiger partial charge in [0.05, 0.1) is 17.5 Å². The molecule has 1 aliphatic heterocycles. The number of rotatable bonds is 1. The average Bonchev–Trinajstić information content (AvgIpc) is 2.45. The van der Waals surface area contributed by atoms with E-state index in [-0.39, 0.29) is 5.41 Å². The molecule has 0 amide bonds. The molecule has 0 radical (unpaired) electrons. The Balaban J connectivity index is 2.03. The van der Waals surface area contributed by atoms with Crippen molar-refractivity contribution in [3.05, 3.63) is 48.0 Å². The second-order valence-electron chi connectivity index (χ2n) is 6.62. The molecule has 2 aromatic carbocycles. The molecule has 0 saturated heterocycles. The summed E-state index contributed by atoms with van der Waals surface area (Å²) in [6.07, 6.45) is -0.453. The number of fused-ring (bicyclic) bond motifs is 2. The van der Waals surface area contributed by atoms with Crippen molar-refractivity contribution in [3.8, 4) is 0 Å². The van der Waals surface area contributed by atoms with E-state index in [0.29, 0.717) is 0 Å². The third-order valence-corrected chi connectivity index (χ3v) is 5.04. The Kier molecular flexibility index (Phi) is 3.50. The molecule has 3 rings (SSSR count). The van der Waals surface area contributed by atoms with E-state index >= 15 is 0 Å². The van der Waals surface area contributed by atoms with E-state index in [0.717, 1.165) is 5.56 Å². The van der Waals surface area contributed by atoms with Gasteiger partial charge in [0.25, 0.3) is 0 Å². The van der Waals surface area contributed by atoms with Crippen molar-refractivity contribution >= 4 is 23.1 Å². The van der Waals surface area contributed by atoms with Gasteiger partial charge in [0.15, 0.2) is 0 Å². The predicted molar refractivity (Wildman–Crippen MR) is 89.5 cm³/mol. The molecule has 0 spiro atoms. The van der Waals surface area contributed by atoms with Gasteiger partial charge >= 0.3 is 0 Å². The topological polar surface area (TPSA) is 23.5 Å². The molecule has 110 valence electrons. The SMILES string of the molecule is CN1c2ccccc2Sc2cc([C@@H](O)C(C)(C)C)ccc21. The van der Waals surface area contributed by atoms with Crippen LogP contribution in [0.15, 0.2) is 52.3 Å². The summed E-state index contributed by atoms with van der Waals surface area (Å²) in [7, 11) is 2.09. The molecule has 0 unspecified atom stereocenters. The lowest BCUT2D eigenvalue weighted by atomic mass is 9.85. The second-order valence-corrected chi connectivity index (χ2v) is 7.71. The molecule has 0 fully saturated rings. The number of benzene rings is 2. The minimum absolute atomic E-state index is 0.155. The largest absolute Gasteiger partial charge is 0.388 e. The van der Waals surface area contributed by atoms with Gasteiger partial charge in [0, 0.05) is 16.8 Å². The first-order chi connectivity index (χ1) is 9.88. The van der Waals surface area contributed by atoms with Crippen molar-refractivity contribution in [3.63, 3.8) is 0 Å². The third-order valence-electron chi connectivity index (χ3n) is 3.93. The molecule has 0 aromatic heterocycles. The first kappa shape index (κ1) is 14.5. The van der Waals surface area contributed by atoms with E-state index in [4.69, 9.17) is 0 Å². The zero-order valence-electron chi connectivity index (χ0n) is 12.9. The van der Waals surface area contributed by atoms with Gasteiger partial charge in [-0.25, -0.2) is 0 Å². The number of hydrogen-bond acceptors (Lipinski definition) is 3. The summed E-state index contributed by atoms with van der Waals surface area (Å²) < 4.78 is 0. The van der Waals surface area contributed by atoms with Crippen LogP contribution in [0, 0.1) is 5.41 Å². The number of hydrogen-bond donors (Lipinski definition) is 1. The van der Waals surface area contributed by atoms with E-state index in [2.05, 4.69) is 69.1 Å². The van der Waals surface area contributed by atoms with Crippen LogP contribution in [0.2, 0.25) is 0 Å². The highest BCUT2D eigenvalue weighted by Crippen LogP contribution is 2.48. The van der Waals surface area contributed by atoms with Crippen LogP contribution in [0.4, 0.5) is 11.4 Å². The van der Waals surface area contributed by atoms with Gasteiger partial charge in [-0.2, -0.15) is 0 Å². The van der Waals surface area contributed by atoms with E-state index < -0.39 is 6.10 Å². The number of anilines is 2. The van der Waals surface area contributed by atoms with Crippen molar-refractivity contribution in [1.29, 1.82) is 0 Å². The zero-order valence-corrected chi connectivity index (χ0v) is 13.7. The Morgan fingerprint density at radius 1 is 1.00 bits per heavy atom. The van der Waals surface area contributed by atoms with Crippen LogP contribution in [0.1, 0.15) is 32.4 Å². The minimum Gasteiger partial charge on any atom is -0.388 e. The highest BCUT2D eigenvalue weighted by atomic mass is 32.2. The second kappa shape index (κ2) is 5.08. The Morgan fingerprint density at radius 3 is 2.38 bits per heavy atom. The molecule has 1 heterocycles. The Labute approximate surface area is 130 Å². The molecule has 1 N–H and O–H groups in total. The minimum atomic E-state index is -0.453. The summed E-state index contributed by atoms with van der Waals surface area (Å²) in [5.74, 6) is 0. The molecule has 2 nitrogen and oxygen atoms in total. The quantitative estimate of drug-likeness (QED) is 0.801. The number of aliphatic hydroxyl groups excluding tert-OH is 1. The van der Waals surface area contributed by atoms with Gasteiger partial charge < -0.3 is 10.0 Å². The monoisotopic (exact) mass is 299 g/mol. The van der Waals surface area contributed by atoms with E-state index in [1.165, 1.54) is 21.2 Å². The van der Waals surface area contributed by atoms with E-state index in [1.807, 2.05) is 6.07 Å². The molecule has 0 bridgehead atoms. The number of nitrogens with zero attached hydrogens (tertiary/aromatic N) is 1. The fraction of sp³-hybridized carbons (Fsp3) is 0.333. The Morgan fingerprint density at radius 2 is 1.67 bits per heavy atom. The Hall–Kier alpha value is -1.45. The van der Waals surface area contributed by atoms with Crippen molar-refractivity contribution in [1.82, 2.24) is 0 Å². The molecule has 0 saturated carbocycles. The van der Waals surface area contributed by atoms with E-state index in [9.17, 15) is 5.11 Å². The lowest BCUT2D eigenvalue weighted by Gasteiger charge is -2.31. The van der Waals surface area contributed by atoms with Crippen LogP contribution in [-0.4, -0.2) is 12.2 Å².